The summed E-state index contributed by atoms with van der Waals surface area (Å²) in [6.07, 6.45) is 6.21. The van der Waals surface area contributed by atoms with Crippen LogP contribution in [0.15, 0.2) is 29.0 Å². The number of hydrogen-bond acceptors (Lipinski definition) is 4. The van der Waals surface area contributed by atoms with E-state index in [-0.39, 0.29) is 0 Å². The van der Waals surface area contributed by atoms with Gasteiger partial charge in [-0.3, -0.25) is 0 Å². The van der Waals surface area contributed by atoms with Crippen LogP contribution in [0.25, 0.3) is 0 Å². The van der Waals surface area contributed by atoms with Crippen molar-refractivity contribution in [1.29, 1.82) is 0 Å². The average Bonchev–Trinajstić information content (AvgIpc) is 2.78. The first-order chi connectivity index (χ1) is 7.90. The second-order valence-electron chi connectivity index (χ2n) is 4.14. The summed E-state index contributed by atoms with van der Waals surface area (Å²) in [5.74, 6) is 0.895. The van der Waals surface area contributed by atoms with Gasteiger partial charge in [-0.2, -0.15) is 0 Å². The Labute approximate surface area is 93.4 Å². The summed E-state index contributed by atoms with van der Waals surface area (Å²) in [6, 6.07) is 4.52. The van der Waals surface area contributed by atoms with Gasteiger partial charge >= 0.3 is 0 Å². The predicted octanol–water partition coefficient (Wildman–Crippen LogP) is 1.17. The monoisotopic (exact) mass is 218 g/mol. The summed E-state index contributed by atoms with van der Waals surface area (Å²) in [4.78, 5) is 0. The van der Waals surface area contributed by atoms with Gasteiger partial charge < -0.3 is 9.73 Å². The van der Waals surface area contributed by atoms with Crippen molar-refractivity contribution in [3.05, 3.63) is 36.0 Å². The van der Waals surface area contributed by atoms with Crippen LogP contribution < -0.4 is 5.32 Å². The van der Waals surface area contributed by atoms with Crippen molar-refractivity contribution >= 4 is 0 Å². The molecule has 0 aromatic carbocycles. The van der Waals surface area contributed by atoms with Gasteiger partial charge in [-0.1, -0.05) is 5.21 Å². The fraction of sp³-hybridized carbons (Fsp3) is 0.455. The molecule has 1 fully saturated rings. The fourth-order valence-electron chi connectivity index (χ4n) is 1.60. The Morgan fingerprint density at radius 2 is 2.44 bits per heavy atom. The van der Waals surface area contributed by atoms with E-state index in [1.54, 1.807) is 10.9 Å². The van der Waals surface area contributed by atoms with Crippen molar-refractivity contribution in [2.45, 2.75) is 32.0 Å². The average molecular weight is 218 g/mol. The highest BCUT2D eigenvalue weighted by Gasteiger charge is 2.20. The molecule has 1 aliphatic rings. The summed E-state index contributed by atoms with van der Waals surface area (Å²) in [7, 11) is 0. The van der Waals surface area contributed by atoms with Gasteiger partial charge in [0.25, 0.3) is 0 Å². The number of aromatic nitrogens is 3. The maximum absolute atomic E-state index is 5.25. The molecule has 3 rings (SSSR count). The molecule has 5 heteroatoms. The maximum atomic E-state index is 5.25. The Morgan fingerprint density at radius 3 is 3.19 bits per heavy atom. The van der Waals surface area contributed by atoms with Crippen LogP contribution in [0.5, 0.6) is 0 Å². The first kappa shape index (κ1) is 9.59. The lowest BCUT2D eigenvalue weighted by atomic mass is 10.4. The first-order valence-electron chi connectivity index (χ1n) is 5.55. The normalized spacial score (nSPS) is 15.5. The van der Waals surface area contributed by atoms with Crippen LogP contribution in [0.2, 0.25) is 0 Å². The molecule has 0 saturated heterocycles. The quantitative estimate of drug-likeness (QED) is 0.818. The standard InChI is InChI=1S/C11H14N4O/c1-2-11(16-5-1)8-15-7-10(13-14-15)6-12-9-3-4-9/h1-2,5,7,9,12H,3-4,6,8H2. The molecular formula is C11H14N4O. The van der Waals surface area contributed by atoms with Crippen molar-refractivity contribution in [2.75, 3.05) is 0 Å². The Bertz CT molecular complexity index is 444. The minimum atomic E-state index is 0.642. The molecule has 2 aromatic rings. The number of nitrogens with zero attached hydrogens (tertiary/aromatic N) is 3. The summed E-state index contributed by atoms with van der Waals surface area (Å²) >= 11 is 0. The number of hydrogen-bond donors (Lipinski definition) is 1. The van der Waals surface area contributed by atoms with E-state index in [0.717, 1.165) is 18.0 Å². The molecule has 1 N–H and O–H groups in total. The Hall–Kier alpha value is -1.62. The van der Waals surface area contributed by atoms with E-state index in [1.165, 1.54) is 12.8 Å². The van der Waals surface area contributed by atoms with Crippen LogP contribution in [0.1, 0.15) is 24.3 Å². The third-order valence-corrected chi connectivity index (χ3v) is 2.63. The number of furan rings is 1. The van der Waals surface area contributed by atoms with Crippen molar-refractivity contribution in [3.63, 3.8) is 0 Å². The van der Waals surface area contributed by atoms with Crippen molar-refractivity contribution in [3.8, 4) is 0 Å². The number of nitrogens with one attached hydrogen (secondary N) is 1. The van der Waals surface area contributed by atoms with Gasteiger partial charge in [0.2, 0.25) is 0 Å². The highest BCUT2D eigenvalue weighted by molar-refractivity contribution is 5.00. The summed E-state index contributed by atoms with van der Waals surface area (Å²) in [5, 5.41) is 11.6. The van der Waals surface area contributed by atoms with Crippen molar-refractivity contribution in [2.24, 2.45) is 0 Å². The second kappa shape index (κ2) is 4.09. The largest absolute Gasteiger partial charge is 0.467 e. The SMILES string of the molecule is c1coc(Cn2cc(CNC3CC3)nn2)c1. The molecule has 0 radical (unpaired) electrons. The maximum Gasteiger partial charge on any atom is 0.125 e. The summed E-state index contributed by atoms with van der Waals surface area (Å²) in [5.41, 5.74) is 0.985. The molecule has 2 aromatic heterocycles. The van der Waals surface area contributed by atoms with E-state index in [2.05, 4.69) is 15.6 Å². The lowest BCUT2D eigenvalue weighted by Crippen LogP contribution is -2.15. The zero-order valence-corrected chi connectivity index (χ0v) is 8.97. The highest BCUT2D eigenvalue weighted by Crippen LogP contribution is 2.18. The topological polar surface area (TPSA) is 55.9 Å². The van der Waals surface area contributed by atoms with Crippen molar-refractivity contribution < 1.29 is 4.42 Å². The van der Waals surface area contributed by atoms with Gasteiger partial charge in [0, 0.05) is 12.6 Å². The van der Waals surface area contributed by atoms with Gasteiger partial charge in [0.15, 0.2) is 0 Å². The lowest BCUT2D eigenvalue weighted by molar-refractivity contribution is 0.475. The Kier molecular flexibility index (Phi) is 2.46. The van der Waals surface area contributed by atoms with Gasteiger partial charge in [-0.15, -0.1) is 5.10 Å². The minimum Gasteiger partial charge on any atom is -0.467 e. The molecule has 0 atom stereocenters. The molecule has 0 bridgehead atoms. The van der Waals surface area contributed by atoms with Crippen LogP contribution in [0.4, 0.5) is 0 Å². The Balaban J connectivity index is 1.58. The Morgan fingerprint density at radius 1 is 1.50 bits per heavy atom. The molecule has 0 unspecified atom stereocenters. The third kappa shape index (κ3) is 2.30. The van der Waals surface area contributed by atoms with Crippen molar-refractivity contribution in [1.82, 2.24) is 20.3 Å². The molecule has 1 saturated carbocycles. The minimum absolute atomic E-state index is 0.642. The molecule has 0 aliphatic heterocycles. The summed E-state index contributed by atoms with van der Waals surface area (Å²) < 4.78 is 7.05. The zero-order chi connectivity index (χ0) is 10.8. The third-order valence-electron chi connectivity index (χ3n) is 2.63. The fourth-order valence-corrected chi connectivity index (χ4v) is 1.60. The van der Waals surface area contributed by atoms with Gasteiger partial charge in [0.05, 0.1) is 18.2 Å². The molecule has 84 valence electrons. The van der Waals surface area contributed by atoms with Crippen LogP contribution in [0.3, 0.4) is 0 Å². The molecule has 0 spiro atoms. The van der Waals surface area contributed by atoms with E-state index in [9.17, 15) is 0 Å². The second-order valence-corrected chi connectivity index (χ2v) is 4.14. The first-order valence-corrected chi connectivity index (χ1v) is 5.55. The molecule has 1 aliphatic carbocycles. The van der Waals surface area contributed by atoms with E-state index >= 15 is 0 Å². The van der Waals surface area contributed by atoms with Crippen LogP contribution in [-0.4, -0.2) is 21.0 Å². The molecular weight excluding hydrogens is 204 g/mol. The van der Waals surface area contributed by atoms with E-state index in [4.69, 9.17) is 4.42 Å². The lowest BCUT2D eigenvalue weighted by Gasteiger charge is -1.97. The van der Waals surface area contributed by atoms with E-state index < -0.39 is 0 Å². The molecule has 0 amide bonds. The van der Waals surface area contributed by atoms with Gasteiger partial charge in [-0.05, 0) is 25.0 Å². The summed E-state index contributed by atoms with van der Waals surface area (Å²) in [6.45, 7) is 1.45. The van der Waals surface area contributed by atoms with Gasteiger partial charge in [-0.25, -0.2) is 4.68 Å². The van der Waals surface area contributed by atoms with Crippen LogP contribution >= 0.6 is 0 Å². The molecule has 16 heavy (non-hydrogen) atoms. The smallest absolute Gasteiger partial charge is 0.125 e. The highest BCUT2D eigenvalue weighted by atomic mass is 16.3. The zero-order valence-electron chi connectivity index (χ0n) is 8.97. The van der Waals surface area contributed by atoms with Crippen LogP contribution in [-0.2, 0) is 13.1 Å². The predicted molar refractivity (Wildman–Crippen MR) is 57.7 cm³/mol. The van der Waals surface area contributed by atoms with E-state index in [0.29, 0.717) is 12.6 Å². The molecule has 2 heterocycles. The molecule has 5 nitrogen and oxygen atoms in total. The number of rotatable bonds is 5. The van der Waals surface area contributed by atoms with Crippen LogP contribution in [0, 0.1) is 0 Å². The van der Waals surface area contributed by atoms with Gasteiger partial charge in [0.1, 0.15) is 12.3 Å². The van der Waals surface area contributed by atoms with E-state index in [1.807, 2.05) is 18.3 Å².